The molecule has 1 saturated carbocycles. The molecule has 0 aromatic heterocycles. The number of ketones is 2. The third-order valence-corrected chi connectivity index (χ3v) is 4.40. The van der Waals surface area contributed by atoms with Crippen molar-refractivity contribution in [3.63, 3.8) is 0 Å². The Morgan fingerprint density at radius 2 is 1.77 bits per heavy atom. The summed E-state index contributed by atoms with van der Waals surface area (Å²) in [6.45, 7) is 0. The SMILES string of the molecule is NN(C(=O)CC1CCCC1)C1=CC(=O)c2ccccc2C1=O. The smallest absolute Gasteiger partial charge is 0.241 e. The van der Waals surface area contributed by atoms with Crippen LogP contribution in [0.3, 0.4) is 0 Å². The minimum Gasteiger partial charge on any atom is -0.289 e. The van der Waals surface area contributed by atoms with Crippen LogP contribution in [-0.2, 0) is 4.79 Å². The molecule has 114 valence electrons. The molecule has 0 saturated heterocycles. The fraction of sp³-hybridized carbons (Fsp3) is 0.353. The third-order valence-electron chi connectivity index (χ3n) is 4.40. The van der Waals surface area contributed by atoms with Gasteiger partial charge >= 0.3 is 0 Å². The first-order valence-electron chi connectivity index (χ1n) is 7.55. The van der Waals surface area contributed by atoms with Gasteiger partial charge in [-0.3, -0.25) is 14.4 Å². The van der Waals surface area contributed by atoms with Crippen LogP contribution in [0.15, 0.2) is 36.0 Å². The highest BCUT2D eigenvalue weighted by atomic mass is 16.2. The first kappa shape index (κ1) is 14.7. The van der Waals surface area contributed by atoms with Crippen LogP contribution in [0.1, 0.15) is 52.8 Å². The third kappa shape index (κ3) is 2.60. The summed E-state index contributed by atoms with van der Waals surface area (Å²) in [5.74, 6) is 5.18. The van der Waals surface area contributed by atoms with Gasteiger partial charge in [0, 0.05) is 23.6 Å². The molecule has 5 nitrogen and oxygen atoms in total. The Kier molecular flexibility index (Phi) is 3.90. The molecule has 1 aromatic rings. The van der Waals surface area contributed by atoms with Crippen molar-refractivity contribution in [2.24, 2.45) is 11.8 Å². The molecular weight excluding hydrogens is 280 g/mol. The molecule has 0 radical (unpaired) electrons. The highest BCUT2D eigenvalue weighted by Crippen LogP contribution is 2.29. The Labute approximate surface area is 128 Å². The van der Waals surface area contributed by atoms with Gasteiger partial charge in [0.05, 0.1) is 0 Å². The second-order valence-electron chi connectivity index (χ2n) is 5.89. The zero-order valence-electron chi connectivity index (χ0n) is 12.2. The van der Waals surface area contributed by atoms with E-state index in [1.165, 1.54) is 0 Å². The molecule has 1 aromatic carbocycles. The molecule has 3 rings (SSSR count). The number of nitrogens with zero attached hydrogens (tertiary/aromatic N) is 1. The fourth-order valence-corrected chi connectivity index (χ4v) is 3.17. The number of nitrogens with two attached hydrogens (primary N) is 1. The summed E-state index contributed by atoms with van der Waals surface area (Å²) >= 11 is 0. The van der Waals surface area contributed by atoms with E-state index in [0.29, 0.717) is 23.5 Å². The maximum atomic E-state index is 12.5. The van der Waals surface area contributed by atoms with Gasteiger partial charge in [0.15, 0.2) is 5.78 Å². The highest BCUT2D eigenvalue weighted by molar-refractivity contribution is 6.25. The van der Waals surface area contributed by atoms with E-state index in [4.69, 9.17) is 5.84 Å². The molecule has 0 bridgehead atoms. The van der Waals surface area contributed by atoms with Gasteiger partial charge in [-0.05, 0) is 18.8 Å². The van der Waals surface area contributed by atoms with Gasteiger partial charge in [-0.15, -0.1) is 0 Å². The molecule has 2 aliphatic carbocycles. The van der Waals surface area contributed by atoms with Crippen LogP contribution in [0.5, 0.6) is 0 Å². The molecule has 1 amide bonds. The van der Waals surface area contributed by atoms with Crippen molar-refractivity contribution < 1.29 is 14.4 Å². The van der Waals surface area contributed by atoms with Crippen LogP contribution in [-0.4, -0.2) is 22.5 Å². The molecule has 0 heterocycles. The van der Waals surface area contributed by atoms with Crippen molar-refractivity contribution in [2.45, 2.75) is 32.1 Å². The summed E-state index contributed by atoms with van der Waals surface area (Å²) in [4.78, 5) is 36.8. The number of carbonyl (C=O) groups is 3. The average molecular weight is 298 g/mol. The van der Waals surface area contributed by atoms with Gasteiger partial charge in [0.25, 0.3) is 0 Å². The van der Waals surface area contributed by atoms with E-state index >= 15 is 0 Å². The summed E-state index contributed by atoms with van der Waals surface area (Å²) in [6.07, 6.45) is 5.81. The number of hydrogen-bond acceptors (Lipinski definition) is 4. The van der Waals surface area contributed by atoms with E-state index in [2.05, 4.69) is 0 Å². The normalized spacial score (nSPS) is 18.1. The van der Waals surface area contributed by atoms with Crippen molar-refractivity contribution >= 4 is 17.5 Å². The number of hydrogen-bond donors (Lipinski definition) is 1. The predicted octanol–water partition coefficient (Wildman–Crippen LogP) is 2.23. The standard InChI is InChI=1S/C17H18N2O3/c18-19(16(21)9-11-5-1-2-6-11)14-10-15(20)12-7-3-4-8-13(12)17(14)22/h3-4,7-8,10-11H,1-2,5-6,9,18H2. The molecule has 0 atom stereocenters. The van der Waals surface area contributed by atoms with Crippen LogP contribution < -0.4 is 5.84 Å². The number of carbonyl (C=O) groups excluding carboxylic acids is 3. The molecule has 1 fully saturated rings. The van der Waals surface area contributed by atoms with Crippen molar-refractivity contribution in [2.75, 3.05) is 0 Å². The van der Waals surface area contributed by atoms with Gasteiger partial charge in [0.2, 0.25) is 11.7 Å². The number of hydrazine groups is 1. The molecule has 22 heavy (non-hydrogen) atoms. The average Bonchev–Trinajstić information content (AvgIpc) is 3.03. The lowest BCUT2D eigenvalue weighted by atomic mass is 9.92. The lowest BCUT2D eigenvalue weighted by molar-refractivity contribution is -0.130. The number of rotatable bonds is 3. The first-order chi connectivity index (χ1) is 10.6. The maximum Gasteiger partial charge on any atom is 0.241 e. The summed E-state index contributed by atoms with van der Waals surface area (Å²) in [5.41, 5.74) is 0.619. The van der Waals surface area contributed by atoms with Crippen LogP contribution in [0.4, 0.5) is 0 Å². The van der Waals surface area contributed by atoms with Gasteiger partial charge in [-0.25, -0.2) is 10.9 Å². The lowest BCUT2D eigenvalue weighted by Gasteiger charge is -2.23. The minimum absolute atomic E-state index is 0.0355. The van der Waals surface area contributed by atoms with Gasteiger partial charge in [-0.1, -0.05) is 37.1 Å². The van der Waals surface area contributed by atoms with E-state index in [9.17, 15) is 14.4 Å². The van der Waals surface area contributed by atoms with Crippen LogP contribution >= 0.6 is 0 Å². The summed E-state index contributed by atoms with van der Waals surface area (Å²) in [6, 6.07) is 6.57. The Morgan fingerprint density at radius 1 is 1.14 bits per heavy atom. The first-order valence-corrected chi connectivity index (χ1v) is 7.55. The van der Waals surface area contributed by atoms with E-state index in [-0.39, 0.29) is 23.2 Å². The van der Waals surface area contributed by atoms with E-state index in [0.717, 1.165) is 36.8 Å². The van der Waals surface area contributed by atoms with E-state index in [1.807, 2.05) is 0 Å². The minimum atomic E-state index is -0.377. The lowest BCUT2D eigenvalue weighted by Crippen LogP contribution is -2.41. The number of benzene rings is 1. The van der Waals surface area contributed by atoms with Crippen LogP contribution in [0.2, 0.25) is 0 Å². The van der Waals surface area contributed by atoms with Crippen LogP contribution in [0, 0.1) is 5.92 Å². The number of amides is 1. The van der Waals surface area contributed by atoms with Gasteiger partial charge in [0.1, 0.15) is 5.70 Å². The molecule has 0 spiro atoms. The van der Waals surface area contributed by atoms with Crippen molar-refractivity contribution in [3.05, 3.63) is 47.2 Å². The molecule has 2 aliphatic rings. The number of fused-ring (bicyclic) bond motifs is 1. The second kappa shape index (κ2) is 5.85. The van der Waals surface area contributed by atoms with Gasteiger partial charge in [-0.2, -0.15) is 0 Å². The summed E-state index contributed by atoms with van der Waals surface area (Å²) in [7, 11) is 0. The highest BCUT2D eigenvalue weighted by Gasteiger charge is 2.31. The molecule has 2 N–H and O–H groups in total. The van der Waals surface area contributed by atoms with Crippen LogP contribution in [0.25, 0.3) is 0 Å². The topological polar surface area (TPSA) is 80.5 Å². The van der Waals surface area contributed by atoms with Crippen molar-refractivity contribution in [1.82, 2.24) is 5.01 Å². The Hall–Kier alpha value is -2.27. The van der Waals surface area contributed by atoms with E-state index in [1.54, 1.807) is 24.3 Å². The van der Waals surface area contributed by atoms with E-state index < -0.39 is 0 Å². The zero-order chi connectivity index (χ0) is 15.7. The van der Waals surface area contributed by atoms with Gasteiger partial charge < -0.3 is 0 Å². The maximum absolute atomic E-state index is 12.5. The Bertz CT molecular complexity index is 672. The number of allylic oxidation sites excluding steroid dienone is 2. The quantitative estimate of drug-likeness (QED) is 0.527. The molecule has 0 unspecified atom stereocenters. The molecule has 0 aliphatic heterocycles. The fourth-order valence-electron chi connectivity index (χ4n) is 3.17. The predicted molar refractivity (Wildman–Crippen MR) is 80.8 cm³/mol. The second-order valence-corrected chi connectivity index (χ2v) is 5.89. The number of Topliss-reactive ketones (excluding diaryl/α,β-unsaturated/α-hetero) is 1. The zero-order valence-corrected chi connectivity index (χ0v) is 12.2. The Balaban J connectivity index is 1.81. The monoisotopic (exact) mass is 298 g/mol. The largest absolute Gasteiger partial charge is 0.289 e. The Morgan fingerprint density at radius 3 is 2.45 bits per heavy atom. The summed E-state index contributed by atoms with van der Waals surface area (Å²) < 4.78 is 0. The molecule has 5 heteroatoms. The van der Waals surface area contributed by atoms with Crippen molar-refractivity contribution in [3.8, 4) is 0 Å². The molecular formula is C17H18N2O3. The van der Waals surface area contributed by atoms with Crippen molar-refractivity contribution in [1.29, 1.82) is 0 Å². The summed E-state index contributed by atoms with van der Waals surface area (Å²) in [5, 5.41) is 0.856.